The molecule has 3 nitrogen and oxygen atoms in total. The van der Waals surface area contributed by atoms with Gasteiger partial charge < -0.3 is 10.2 Å². The molecule has 1 aliphatic carbocycles. The van der Waals surface area contributed by atoms with Crippen LogP contribution in [0.4, 0.5) is 0 Å². The van der Waals surface area contributed by atoms with Crippen LogP contribution in [0.1, 0.15) is 57.8 Å². The molecular weight excluding hydrogens is 248 g/mol. The molecule has 2 saturated heterocycles. The van der Waals surface area contributed by atoms with Gasteiger partial charge in [-0.2, -0.15) is 0 Å². The molecule has 1 amide bonds. The van der Waals surface area contributed by atoms with E-state index in [4.69, 9.17) is 0 Å². The van der Waals surface area contributed by atoms with Gasteiger partial charge in [0.15, 0.2) is 0 Å². The Labute approximate surface area is 122 Å². The summed E-state index contributed by atoms with van der Waals surface area (Å²) in [5.41, 5.74) is 0. The van der Waals surface area contributed by atoms with Gasteiger partial charge in [0.05, 0.1) is 0 Å². The molecule has 2 atom stereocenters. The second kappa shape index (κ2) is 6.30. The lowest BCUT2D eigenvalue weighted by molar-refractivity contribution is -0.134. The Hall–Kier alpha value is -0.830. The Bertz CT molecular complexity index is 350. The van der Waals surface area contributed by atoms with E-state index >= 15 is 0 Å². The van der Waals surface area contributed by atoms with Gasteiger partial charge in [-0.05, 0) is 44.4 Å². The monoisotopic (exact) mass is 276 g/mol. The second-order valence-corrected chi connectivity index (χ2v) is 6.95. The molecular formula is C17H28N2O. The minimum Gasteiger partial charge on any atom is -0.336 e. The van der Waals surface area contributed by atoms with Crippen LogP contribution >= 0.6 is 0 Å². The first-order valence-corrected chi connectivity index (χ1v) is 8.42. The number of hydrogen-bond donors (Lipinski definition) is 1. The first-order valence-electron chi connectivity index (χ1n) is 8.42. The molecule has 0 aromatic rings. The molecule has 2 aliphatic heterocycles. The fourth-order valence-electron chi connectivity index (χ4n) is 4.52. The maximum Gasteiger partial charge on any atom is 0.223 e. The maximum atomic E-state index is 12.7. The van der Waals surface area contributed by atoms with Crippen LogP contribution in [0, 0.1) is 5.92 Å². The van der Waals surface area contributed by atoms with E-state index in [1.54, 1.807) is 0 Å². The number of hydrogen-bond acceptors (Lipinski definition) is 2. The van der Waals surface area contributed by atoms with E-state index in [1.807, 2.05) is 6.08 Å². The summed E-state index contributed by atoms with van der Waals surface area (Å²) < 4.78 is 0. The van der Waals surface area contributed by atoms with Crippen molar-refractivity contribution in [2.24, 2.45) is 5.92 Å². The minimum atomic E-state index is 0.378. The Morgan fingerprint density at radius 3 is 2.40 bits per heavy atom. The predicted molar refractivity (Wildman–Crippen MR) is 81.5 cm³/mol. The Balaban J connectivity index is 1.57. The van der Waals surface area contributed by atoms with Crippen LogP contribution < -0.4 is 5.32 Å². The fourth-order valence-corrected chi connectivity index (χ4v) is 4.52. The maximum absolute atomic E-state index is 12.7. The van der Waals surface area contributed by atoms with Gasteiger partial charge in [-0.1, -0.05) is 18.9 Å². The molecule has 1 saturated carbocycles. The zero-order chi connectivity index (χ0) is 13.9. The van der Waals surface area contributed by atoms with Crippen LogP contribution in [0.5, 0.6) is 0 Å². The molecule has 0 spiro atoms. The summed E-state index contributed by atoms with van der Waals surface area (Å²) in [4.78, 5) is 14.8. The lowest BCUT2D eigenvalue weighted by Crippen LogP contribution is -2.43. The zero-order valence-electron chi connectivity index (χ0n) is 12.5. The van der Waals surface area contributed by atoms with Crippen molar-refractivity contribution < 1.29 is 4.79 Å². The molecule has 0 radical (unpaired) electrons. The van der Waals surface area contributed by atoms with E-state index in [9.17, 15) is 4.79 Å². The van der Waals surface area contributed by atoms with Crippen molar-refractivity contribution in [1.82, 2.24) is 10.2 Å². The SMILES string of the molecule is C=CCN(C(=O)CC1CC2CCC(C1)N2)C1CCCC1. The van der Waals surface area contributed by atoms with E-state index < -0.39 is 0 Å². The van der Waals surface area contributed by atoms with E-state index in [2.05, 4.69) is 16.8 Å². The topological polar surface area (TPSA) is 32.3 Å². The average molecular weight is 276 g/mol. The quantitative estimate of drug-likeness (QED) is 0.783. The number of nitrogens with zero attached hydrogens (tertiary/aromatic N) is 1. The van der Waals surface area contributed by atoms with Gasteiger partial charge in [-0.25, -0.2) is 0 Å². The van der Waals surface area contributed by atoms with Crippen molar-refractivity contribution in [2.75, 3.05) is 6.54 Å². The second-order valence-electron chi connectivity index (χ2n) is 6.95. The van der Waals surface area contributed by atoms with Crippen LogP contribution in [0.25, 0.3) is 0 Å². The summed E-state index contributed by atoms with van der Waals surface area (Å²) in [6.45, 7) is 4.57. The third-order valence-electron chi connectivity index (χ3n) is 5.45. The zero-order valence-corrected chi connectivity index (χ0v) is 12.5. The highest BCUT2D eigenvalue weighted by molar-refractivity contribution is 5.77. The molecule has 2 unspecified atom stereocenters. The molecule has 2 bridgehead atoms. The molecule has 112 valence electrons. The standard InChI is InChI=1S/C17H28N2O/c1-2-9-19(16-5-3-4-6-16)17(20)12-13-10-14-7-8-15(11-13)18-14/h2,13-16,18H,1,3-12H2. The molecule has 2 heterocycles. The van der Waals surface area contributed by atoms with Gasteiger partial charge in [0.1, 0.15) is 0 Å². The van der Waals surface area contributed by atoms with Crippen LogP contribution in [-0.2, 0) is 4.79 Å². The van der Waals surface area contributed by atoms with E-state index in [-0.39, 0.29) is 0 Å². The van der Waals surface area contributed by atoms with Crippen molar-refractivity contribution in [2.45, 2.75) is 75.9 Å². The summed E-state index contributed by atoms with van der Waals surface area (Å²) >= 11 is 0. The summed E-state index contributed by atoms with van der Waals surface area (Å²) in [6.07, 6.45) is 12.6. The first kappa shape index (κ1) is 14.1. The lowest BCUT2D eigenvalue weighted by atomic mass is 9.89. The molecule has 0 aromatic carbocycles. The van der Waals surface area contributed by atoms with Gasteiger partial charge in [0, 0.05) is 31.1 Å². The minimum absolute atomic E-state index is 0.378. The number of nitrogens with one attached hydrogen (secondary N) is 1. The van der Waals surface area contributed by atoms with Gasteiger partial charge >= 0.3 is 0 Å². The number of amides is 1. The number of carbonyl (C=O) groups excluding carboxylic acids is 1. The van der Waals surface area contributed by atoms with Crippen molar-refractivity contribution in [3.8, 4) is 0 Å². The predicted octanol–water partition coefficient (Wildman–Crippen LogP) is 2.86. The summed E-state index contributed by atoms with van der Waals surface area (Å²) in [5.74, 6) is 0.984. The van der Waals surface area contributed by atoms with Crippen LogP contribution in [0.3, 0.4) is 0 Å². The molecule has 3 heteroatoms. The number of piperidine rings is 1. The largest absolute Gasteiger partial charge is 0.336 e. The van der Waals surface area contributed by atoms with Gasteiger partial charge in [-0.15, -0.1) is 6.58 Å². The Morgan fingerprint density at radius 1 is 1.15 bits per heavy atom. The smallest absolute Gasteiger partial charge is 0.223 e. The molecule has 3 aliphatic rings. The average Bonchev–Trinajstić information content (AvgIpc) is 3.06. The van der Waals surface area contributed by atoms with E-state index in [1.165, 1.54) is 51.4 Å². The highest BCUT2D eigenvalue weighted by Crippen LogP contribution is 2.33. The lowest BCUT2D eigenvalue weighted by Gasteiger charge is -2.33. The Kier molecular flexibility index (Phi) is 4.45. The van der Waals surface area contributed by atoms with Gasteiger partial charge in [0.25, 0.3) is 0 Å². The van der Waals surface area contributed by atoms with Gasteiger partial charge in [-0.3, -0.25) is 4.79 Å². The summed E-state index contributed by atoms with van der Waals surface area (Å²) in [7, 11) is 0. The van der Waals surface area contributed by atoms with E-state index in [0.29, 0.717) is 30.0 Å². The molecule has 1 N–H and O–H groups in total. The van der Waals surface area contributed by atoms with E-state index in [0.717, 1.165) is 13.0 Å². The van der Waals surface area contributed by atoms with Crippen molar-refractivity contribution in [1.29, 1.82) is 0 Å². The number of rotatable bonds is 5. The third kappa shape index (κ3) is 3.08. The molecule has 0 aromatic heterocycles. The molecule has 3 fully saturated rings. The normalized spacial score (nSPS) is 33.3. The van der Waals surface area contributed by atoms with Crippen LogP contribution in [0.15, 0.2) is 12.7 Å². The molecule has 3 rings (SSSR count). The fraction of sp³-hybridized carbons (Fsp3) is 0.824. The highest BCUT2D eigenvalue weighted by Gasteiger charge is 2.35. The van der Waals surface area contributed by atoms with Crippen molar-refractivity contribution in [3.05, 3.63) is 12.7 Å². The number of fused-ring (bicyclic) bond motifs is 2. The first-order chi connectivity index (χ1) is 9.76. The van der Waals surface area contributed by atoms with Gasteiger partial charge in [0.2, 0.25) is 5.91 Å². The third-order valence-corrected chi connectivity index (χ3v) is 5.45. The summed E-state index contributed by atoms with van der Waals surface area (Å²) in [6, 6.07) is 1.86. The Morgan fingerprint density at radius 2 is 1.80 bits per heavy atom. The summed E-state index contributed by atoms with van der Waals surface area (Å²) in [5, 5.41) is 3.66. The van der Waals surface area contributed by atoms with Crippen LogP contribution in [-0.4, -0.2) is 35.5 Å². The van der Waals surface area contributed by atoms with Crippen molar-refractivity contribution in [3.63, 3.8) is 0 Å². The van der Waals surface area contributed by atoms with Crippen LogP contribution in [0.2, 0.25) is 0 Å². The number of carbonyl (C=O) groups is 1. The van der Waals surface area contributed by atoms with Crippen molar-refractivity contribution >= 4 is 5.91 Å². The molecule has 20 heavy (non-hydrogen) atoms. The highest BCUT2D eigenvalue weighted by atomic mass is 16.2.